The van der Waals surface area contributed by atoms with E-state index in [1.807, 2.05) is 54.8 Å². The van der Waals surface area contributed by atoms with Crippen molar-refractivity contribution in [3.63, 3.8) is 0 Å². The maximum Gasteiger partial charge on any atom is 0.230 e. The summed E-state index contributed by atoms with van der Waals surface area (Å²) in [4.78, 5) is 17.0. The smallest absolute Gasteiger partial charge is 0.230 e. The van der Waals surface area contributed by atoms with Crippen LogP contribution >= 0.6 is 11.3 Å². The van der Waals surface area contributed by atoms with E-state index >= 15 is 0 Å². The molecule has 0 atom stereocenters. The summed E-state index contributed by atoms with van der Waals surface area (Å²) in [5.41, 5.74) is 2.35. The summed E-state index contributed by atoms with van der Waals surface area (Å²) in [6, 6.07) is 15.1. The van der Waals surface area contributed by atoms with Gasteiger partial charge < -0.3 is 14.8 Å². The molecule has 0 bridgehead atoms. The molecule has 0 aliphatic heterocycles. The van der Waals surface area contributed by atoms with Crippen molar-refractivity contribution in [2.24, 2.45) is 0 Å². The molecule has 3 rings (SSSR count). The van der Waals surface area contributed by atoms with Crippen LogP contribution in [-0.2, 0) is 11.2 Å². The fourth-order valence-electron chi connectivity index (χ4n) is 2.63. The quantitative estimate of drug-likeness (QED) is 0.522. The number of ether oxygens (including phenoxy) is 2. The minimum atomic E-state index is -0.129. The van der Waals surface area contributed by atoms with Gasteiger partial charge in [0.15, 0.2) is 0 Å². The Balaban J connectivity index is 1.65. The number of benzene rings is 2. The highest BCUT2D eigenvalue weighted by Gasteiger charge is 2.12. The van der Waals surface area contributed by atoms with E-state index in [1.165, 1.54) is 11.3 Å². The maximum absolute atomic E-state index is 12.4. The van der Waals surface area contributed by atoms with Crippen LogP contribution in [0.4, 0.5) is 5.69 Å². The Kier molecular flexibility index (Phi) is 6.81. The summed E-state index contributed by atoms with van der Waals surface area (Å²) in [6.07, 6.45) is 1.87. The van der Waals surface area contributed by atoms with Gasteiger partial charge in [0.2, 0.25) is 5.91 Å². The summed E-state index contributed by atoms with van der Waals surface area (Å²) in [5.74, 6) is 1.35. The van der Waals surface area contributed by atoms with Crippen LogP contribution in [0.25, 0.3) is 10.6 Å². The highest BCUT2D eigenvalue weighted by molar-refractivity contribution is 7.13. The number of carbonyl (C=O) groups excluding carboxylic acids is 1. The van der Waals surface area contributed by atoms with Gasteiger partial charge in [0.1, 0.15) is 23.1 Å². The molecule has 1 heterocycles. The van der Waals surface area contributed by atoms with Gasteiger partial charge in [-0.15, -0.1) is 11.3 Å². The van der Waals surface area contributed by atoms with Crippen molar-refractivity contribution in [3.8, 4) is 22.1 Å². The van der Waals surface area contributed by atoms with Crippen LogP contribution in [0.15, 0.2) is 66.6 Å². The molecule has 5 nitrogen and oxygen atoms in total. The van der Waals surface area contributed by atoms with Gasteiger partial charge in [0, 0.05) is 17.1 Å². The third-order valence-corrected chi connectivity index (χ3v) is 4.72. The number of nitrogens with zero attached hydrogens (tertiary/aromatic N) is 1. The van der Waals surface area contributed by atoms with Crippen LogP contribution in [0.3, 0.4) is 0 Å². The average Bonchev–Trinajstić information content (AvgIpc) is 3.15. The van der Waals surface area contributed by atoms with Gasteiger partial charge in [-0.25, -0.2) is 4.98 Å². The Hall–Kier alpha value is -3.12. The van der Waals surface area contributed by atoms with Gasteiger partial charge >= 0.3 is 0 Å². The molecule has 0 saturated heterocycles. The minimum absolute atomic E-state index is 0.129. The third-order valence-electron chi connectivity index (χ3n) is 3.80. The number of amides is 1. The normalized spacial score (nSPS) is 10.3. The van der Waals surface area contributed by atoms with Crippen molar-refractivity contribution in [2.75, 3.05) is 18.5 Å². The molecule has 6 heteroatoms. The monoisotopic (exact) mass is 394 g/mol. The summed E-state index contributed by atoms with van der Waals surface area (Å²) in [6.45, 7) is 6.58. The first-order valence-electron chi connectivity index (χ1n) is 8.99. The lowest BCUT2D eigenvalue weighted by atomic mass is 10.2. The minimum Gasteiger partial charge on any atom is -0.493 e. The summed E-state index contributed by atoms with van der Waals surface area (Å²) in [5, 5.41) is 5.63. The lowest BCUT2D eigenvalue weighted by Crippen LogP contribution is -2.14. The van der Waals surface area contributed by atoms with Crippen LogP contribution in [0.2, 0.25) is 0 Å². The van der Waals surface area contributed by atoms with Crippen LogP contribution in [0.5, 0.6) is 11.5 Å². The fraction of sp³-hybridized carbons (Fsp3) is 0.182. The van der Waals surface area contributed by atoms with E-state index in [0.29, 0.717) is 24.7 Å². The first-order chi connectivity index (χ1) is 13.7. The molecule has 1 amide bonds. The van der Waals surface area contributed by atoms with E-state index in [9.17, 15) is 4.79 Å². The molecule has 144 valence electrons. The second-order valence-electron chi connectivity index (χ2n) is 5.93. The standard InChI is InChI=1S/C22H22N2O3S/c1-3-12-27-18-9-7-8-16(13-18)23-21(25)14-17-15-28-22(24-17)19-10-5-6-11-20(19)26-4-2/h3,5-11,13,15H,1,4,12,14H2,2H3,(H,23,25). The van der Waals surface area contributed by atoms with Crippen molar-refractivity contribution < 1.29 is 14.3 Å². The zero-order valence-electron chi connectivity index (χ0n) is 15.7. The second-order valence-corrected chi connectivity index (χ2v) is 6.78. The molecule has 2 aromatic carbocycles. The first-order valence-corrected chi connectivity index (χ1v) is 9.87. The van der Waals surface area contributed by atoms with E-state index in [1.54, 1.807) is 12.1 Å². The molecule has 0 radical (unpaired) electrons. The molecular formula is C22H22N2O3S. The molecular weight excluding hydrogens is 372 g/mol. The van der Waals surface area contributed by atoms with Gasteiger partial charge in [0.05, 0.1) is 24.3 Å². The van der Waals surface area contributed by atoms with Crippen molar-refractivity contribution in [1.82, 2.24) is 4.98 Å². The van der Waals surface area contributed by atoms with E-state index < -0.39 is 0 Å². The molecule has 0 spiro atoms. The number of para-hydroxylation sites is 1. The summed E-state index contributed by atoms with van der Waals surface area (Å²) >= 11 is 1.50. The summed E-state index contributed by atoms with van der Waals surface area (Å²) in [7, 11) is 0. The molecule has 1 N–H and O–H groups in total. The van der Waals surface area contributed by atoms with Crippen molar-refractivity contribution in [3.05, 3.63) is 72.3 Å². The molecule has 0 fully saturated rings. The van der Waals surface area contributed by atoms with E-state index in [0.717, 1.165) is 22.0 Å². The number of carbonyl (C=O) groups is 1. The van der Waals surface area contributed by atoms with E-state index in [2.05, 4.69) is 16.9 Å². The Morgan fingerprint density at radius 2 is 2.07 bits per heavy atom. The van der Waals surface area contributed by atoms with Gasteiger partial charge in [-0.1, -0.05) is 30.9 Å². The Labute approximate surface area is 168 Å². The zero-order valence-corrected chi connectivity index (χ0v) is 16.5. The number of rotatable bonds is 9. The topological polar surface area (TPSA) is 60.5 Å². The maximum atomic E-state index is 12.4. The van der Waals surface area contributed by atoms with Crippen LogP contribution in [-0.4, -0.2) is 24.1 Å². The Morgan fingerprint density at radius 3 is 2.89 bits per heavy atom. The molecule has 3 aromatic rings. The molecule has 1 aromatic heterocycles. The molecule has 0 unspecified atom stereocenters. The third kappa shape index (κ3) is 5.20. The van der Waals surface area contributed by atoms with Gasteiger partial charge in [0.25, 0.3) is 0 Å². The van der Waals surface area contributed by atoms with Gasteiger partial charge in [-0.05, 0) is 31.2 Å². The fourth-order valence-corrected chi connectivity index (χ4v) is 3.47. The number of nitrogens with one attached hydrogen (secondary N) is 1. The van der Waals surface area contributed by atoms with Gasteiger partial charge in [-0.3, -0.25) is 4.79 Å². The predicted octanol–water partition coefficient (Wildman–Crippen LogP) is 4.95. The second kappa shape index (κ2) is 9.71. The lowest BCUT2D eigenvalue weighted by molar-refractivity contribution is -0.115. The highest BCUT2D eigenvalue weighted by atomic mass is 32.1. The SMILES string of the molecule is C=CCOc1cccc(NC(=O)Cc2csc(-c3ccccc3OCC)n2)c1. The molecule has 0 aliphatic rings. The van der Waals surface area contributed by atoms with Crippen LogP contribution in [0.1, 0.15) is 12.6 Å². The number of thiazole rings is 1. The Morgan fingerprint density at radius 1 is 1.21 bits per heavy atom. The Bertz CT molecular complexity index is 952. The van der Waals surface area contributed by atoms with Crippen LogP contribution < -0.4 is 14.8 Å². The predicted molar refractivity (Wildman–Crippen MR) is 113 cm³/mol. The highest BCUT2D eigenvalue weighted by Crippen LogP contribution is 2.32. The largest absolute Gasteiger partial charge is 0.493 e. The lowest BCUT2D eigenvalue weighted by Gasteiger charge is -2.08. The van der Waals surface area contributed by atoms with Gasteiger partial charge in [-0.2, -0.15) is 0 Å². The van der Waals surface area contributed by atoms with Crippen molar-refractivity contribution in [2.45, 2.75) is 13.3 Å². The summed E-state index contributed by atoms with van der Waals surface area (Å²) < 4.78 is 11.2. The first kappa shape index (κ1) is 19.6. The van der Waals surface area contributed by atoms with E-state index in [4.69, 9.17) is 9.47 Å². The molecule has 0 saturated carbocycles. The van der Waals surface area contributed by atoms with Crippen molar-refractivity contribution >= 4 is 22.9 Å². The van der Waals surface area contributed by atoms with Crippen molar-refractivity contribution in [1.29, 1.82) is 0 Å². The average molecular weight is 394 g/mol. The number of hydrogen-bond donors (Lipinski definition) is 1. The number of hydrogen-bond acceptors (Lipinski definition) is 5. The molecule has 28 heavy (non-hydrogen) atoms. The zero-order chi connectivity index (χ0) is 19.8. The molecule has 0 aliphatic carbocycles. The number of aromatic nitrogens is 1. The number of anilines is 1. The van der Waals surface area contributed by atoms with Crippen LogP contribution in [0, 0.1) is 0 Å². The van der Waals surface area contributed by atoms with E-state index in [-0.39, 0.29) is 12.3 Å².